The molecule has 0 unspecified atom stereocenters. The fourth-order valence-electron chi connectivity index (χ4n) is 3.97. The molecule has 144 valence electrons. The Kier molecular flexibility index (Phi) is 4.05. The van der Waals surface area contributed by atoms with Crippen LogP contribution in [-0.4, -0.2) is 39.9 Å². The predicted molar refractivity (Wildman–Crippen MR) is 107 cm³/mol. The molecule has 0 spiro atoms. The van der Waals surface area contributed by atoms with Gasteiger partial charge < -0.3 is 9.67 Å². The Hall–Kier alpha value is -2.93. The van der Waals surface area contributed by atoms with Crippen molar-refractivity contribution in [3.63, 3.8) is 0 Å². The van der Waals surface area contributed by atoms with Crippen LogP contribution in [0.25, 0.3) is 28.3 Å². The van der Waals surface area contributed by atoms with Gasteiger partial charge in [-0.15, -0.1) is 0 Å². The summed E-state index contributed by atoms with van der Waals surface area (Å²) in [5.74, 6) is 1.52. The summed E-state index contributed by atoms with van der Waals surface area (Å²) in [7, 11) is 1.90. The standard InChI is InChI=1S/C21H24N6O/c1-14(28)9-19(15-3-4-15)26-7-5-16(13-26)21-24-18(17-11-23-25(2)12-17)10-20-22-6-8-27(20)21/h5-8,10-15,19,28H,3-4,9H2,1-2H3/t14-,19+/m1/s1. The van der Waals surface area contributed by atoms with Crippen molar-refractivity contribution in [3.8, 4) is 22.6 Å². The van der Waals surface area contributed by atoms with Crippen LogP contribution in [0.3, 0.4) is 0 Å². The lowest BCUT2D eigenvalue weighted by molar-refractivity contribution is 0.155. The van der Waals surface area contributed by atoms with Gasteiger partial charge in [-0.05, 0) is 38.2 Å². The van der Waals surface area contributed by atoms with Crippen molar-refractivity contribution in [1.82, 2.24) is 28.7 Å². The highest BCUT2D eigenvalue weighted by atomic mass is 16.3. The van der Waals surface area contributed by atoms with Crippen LogP contribution in [0, 0.1) is 5.92 Å². The Morgan fingerprint density at radius 2 is 2.07 bits per heavy atom. The topological polar surface area (TPSA) is 73.2 Å². The second kappa shape index (κ2) is 6.60. The number of hydrogen-bond acceptors (Lipinski definition) is 4. The van der Waals surface area contributed by atoms with Crippen LogP contribution in [0.15, 0.2) is 49.3 Å². The van der Waals surface area contributed by atoms with Gasteiger partial charge in [0.05, 0.1) is 18.0 Å². The molecule has 0 aliphatic heterocycles. The number of nitrogens with zero attached hydrogens (tertiary/aromatic N) is 6. The van der Waals surface area contributed by atoms with E-state index in [9.17, 15) is 5.11 Å². The molecule has 0 aromatic carbocycles. The van der Waals surface area contributed by atoms with Crippen molar-refractivity contribution in [3.05, 3.63) is 49.3 Å². The SMILES string of the molecule is C[C@@H](O)C[C@@H](C1CC1)n1ccc(-c2nc(-c3cnn(C)c3)cc3nccn23)c1. The highest BCUT2D eigenvalue weighted by Crippen LogP contribution is 2.42. The van der Waals surface area contributed by atoms with E-state index in [-0.39, 0.29) is 6.10 Å². The van der Waals surface area contributed by atoms with E-state index in [0.717, 1.165) is 34.7 Å². The minimum absolute atomic E-state index is 0.302. The summed E-state index contributed by atoms with van der Waals surface area (Å²) in [6.45, 7) is 1.87. The maximum Gasteiger partial charge on any atom is 0.147 e. The van der Waals surface area contributed by atoms with Crippen molar-refractivity contribution >= 4 is 5.65 Å². The van der Waals surface area contributed by atoms with Crippen LogP contribution in [-0.2, 0) is 7.05 Å². The molecule has 1 N–H and O–H groups in total. The number of aliphatic hydroxyl groups excluding tert-OH is 1. The second-order valence-electron chi connectivity index (χ2n) is 7.86. The zero-order valence-electron chi connectivity index (χ0n) is 16.1. The highest BCUT2D eigenvalue weighted by molar-refractivity contribution is 5.68. The predicted octanol–water partition coefficient (Wildman–Crippen LogP) is 3.32. The summed E-state index contributed by atoms with van der Waals surface area (Å²) in [6, 6.07) is 4.43. The molecule has 7 nitrogen and oxygen atoms in total. The van der Waals surface area contributed by atoms with E-state index in [1.165, 1.54) is 12.8 Å². The zero-order valence-corrected chi connectivity index (χ0v) is 16.1. The normalized spacial score (nSPS) is 16.5. The van der Waals surface area contributed by atoms with Gasteiger partial charge in [0.2, 0.25) is 0 Å². The van der Waals surface area contributed by atoms with Gasteiger partial charge >= 0.3 is 0 Å². The summed E-state index contributed by atoms with van der Waals surface area (Å²) < 4.78 is 6.04. The quantitative estimate of drug-likeness (QED) is 0.560. The fraction of sp³-hybridized carbons (Fsp3) is 0.381. The third-order valence-corrected chi connectivity index (χ3v) is 5.49. The van der Waals surface area contributed by atoms with E-state index in [2.05, 4.69) is 33.1 Å². The van der Waals surface area contributed by atoms with Crippen LogP contribution in [0.2, 0.25) is 0 Å². The molecular formula is C21H24N6O. The van der Waals surface area contributed by atoms with Gasteiger partial charge in [-0.3, -0.25) is 9.08 Å². The number of hydrogen-bond donors (Lipinski definition) is 1. The Bertz CT molecular complexity index is 1120. The zero-order chi connectivity index (χ0) is 19.3. The average molecular weight is 376 g/mol. The van der Waals surface area contributed by atoms with Gasteiger partial charge in [-0.2, -0.15) is 5.10 Å². The molecule has 1 fully saturated rings. The summed E-state index contributed by atoms with van der Waals surface area (Å²) in [6.07, 6.45) is 14.7. The molecule has 4 aromatic rings. The maximum absolute atomic E-state index is 9.92. The van der Waals surface area contributed by atoms with E-state index in [4.69, 9.17) is 4.98 Å². The number of aromatic nitrogens is 6. The Morgan fingerprint density at radius 1 is 1.21 bits per heavy atom. The molecule has 28 heavy (non-hydrogen) atoms. The second-order valence-corrected chi connectivity index (χ2v) is 7.86. The summed E-state index contributed by atoms with van der Waals surface area (Å²) in [4.78, 5) is 9.40. The molecule has 4 aromatic heterocycles. The molecule has 0 bridgehead atoms. The first kappa shape index (κ1) is 17.2. The van der Waals surface area contributed by atoms with E-state index >= 15 is 0 Å². The molecule has 0 saturated heterocycles. The largest absolute Gasteiger partial charge is 0.393 e. The van der Waals surface area contributed by atoms with Crippen LogP contribution < -0.4 is 0 Å². The third kappa shape index (κ3) is 3.11. The lowest BCUT2D eigenvalue weighted by Crippen LogP contribution is -2.15. The van der Waals surface area contributed by atoms with Crippen LogP contribution >= 0.6 is 0 Å². The first-order chi connectivity index (χ1) is 13.6. The molecule has 0 amide bonds. The summed E-state index contributed by atoms with van der Waals surface area (Å²) in [5.41, 5.74) is 3.74. The average Bonchev–Trinajstić information content (AvgIpc) is 3.07. The molecule has 2 atom stereocenters. The Morgan fingerprint density at radius 3 is 2.79 bits per heavy atom. The van der Waals surface area contributed by atoms with Crippen molar-refractivity contribution in [2.75, 3.05) is 0 Å². The van der Waals surface area contributed by atoms with Gasteiger partial charge in [0.25, 0.3) is 0 Å². The molecule has 7 heteroatoms. The smallest absolute Gasteiger partial charge is 0.147 e. The van der Waals surface area contributed by atoms with Gasteiger partial charge in [0, 0.05) is 61.3 Å². The van der Waals surface area contributed by atoms with Crippen molar-refractivity contribution in [2.24, 2.45) is 13.0 Å². The molecule has 5 rings (SSSR count). The molecule has 1 saturated carbocycles. The fourth-order valence-corrected chi connectivity index (χ4v) is 3.97. The number of aliphatic hydroxyl groups is 1. The molecule has 0 radical (unpaired) electrons. The van der Waals surface area contributed by atoms with Gasteiger partial charge in [-0.25, -0.2) is 9.97 Å². The number of imidazole rings is 1. The minimum Gasteiger partial charge on any atom is -0.393 e. The minimum atomic E-state index is -0.302. The molecular weight excluding hydrogens is 352 g/mol. The molecule has 4 heterocycles. The monoisotopic (exact) mass is 376 g/mol. The maximum atomic E-state index is 9.92. The van der Waals surface area contributed by atoms with Crippen molar-refractivity contribution in [1.29, 1.82) is 0 Å². The van der Waals surface area contributed by atoms with Crippen LogP contribution in [0.1, 0.15) is 32.2 Å². The van der Waals surface area contributed by atoms with Crippen molar-refractivity contribution < 1.29 is 5.11 Å². The van der Waals surface area contributed by atoms with Gasteiger partial charge in [-0.1, -0.05) is 0 Å². The first-order valence-corrected chi connectivity index (χ1v) is 9.77. The number of fused-ring (bicyclic) bond motifs is 1. The van der Waals surface area contributed by atoms with E-state index < -0.39 is 0 Å². The summed E-state index contributed by atoms with van der Waals surface area (Å²) >= 11 is 0. The lowest BCUT2D eigenvalue weighted by atomic mass is 10.1. The number of rotatable bonds is 6. The van der Waals surface area contributed by atoms with Gasteiger partial charge in [0.1, 0.15) is 11.5 Å². The Balaban J connectivity index is 1.57. The van der Waals surface area contributed by atoms with Gasteiger partial charge in [0.15, 0.2) is 0 Å². The van der Waals surface area contributed by atoms with Crippen LogP contribution in [0.5, 0.6) is 0 Å². The van der Waals surface area contributed by atoms with E-state index in [0.29, 0.717) is 12.0 Å². The Labute approximate surface area is 163 Å². The number of aryl methyl sites for hydroxylation is 1. The first-order valence-electron chi connectivity index (χ1n) is 9.77. The molecule has 1 aliphatic carbocycles. The highest BCUT2D eigenvalue weighted by Gasteiger charge is 2.33. The lowest BCUT2D eigenvalue weighted by Gasteiger charge is -2.20. The van der Waals surface area contributed by atoms with E-state index in [1.807, 2.05) is 43.0 Å². The van der Waals surface area contributed by atoms with Crippen molar-refractivity contribution in [2.45, 2.75) is 38.3 Å². The third-order valence-electron chi connectivity index (χ3n) is 5.49. The van der Waals surface area contributed by atoms with E-state index in [1.54, 1.807) is 10.9 Å². The summed E-state index contributed by atoms with van der Waals surface area (Å²) in [5, 5.41) is 14.2. The van der Waals surface area contributed by atoms with Crippen LogP contribution in [0.4, 0.5) is 0 Å². The molecule has 1 aliphatic rings.